The molecule has 6 nitrogen and oxygen atoms in total. The summed E-state index contributed by atoms with van der Waals surface area (Å²) in [7, 11) is 3.24. The van der Waals surface area contributed by atoms with Crippen molar-refractivity contribution in [2.75, 3.05) is 14.2 Å². The fourth-order valence-corrected chi connectivity index (χ4v) is 4.16. The molecular formula is C24H29N3O3. The molecule has 0 radical (unpaired) electrons. The third-order valence-electron chi connectivity index (χ3n) is 5.77. The molecule has 0 amide bonds. The first kappa shape index (κ1) is 20.4. The van der Waals surface area contributed by atoms with Crippen molar-refractivity contribution in [2.45, 2.75) is 51.2 Å². The molecule has 0 atom stereocenters. The largest absolute Gasteiger partial charge is 0.493 e. The second-order valence-corrected chi connectivity index (χ2v) is 7.76. The molecule has 1 fully saturated rings. The monoisotopic (exact) mass is 407 g/mol. The minimum Gasteiger partial charge on any atom is -0.493 e. The van der Waals surface area contributed by atoms with E-state index in [0.29, 0.717) is 35.8 Å². The van der Waals surface area contributed by atoms with Crippen LogP contribution in [-0.4, -0.2) is 35.3 Å². The van der Waals surface area contributed by atoms with E-state index in [1.807, 2.05) is 18.2 Å². The van der Waals surface area contributed by atoms with Crippen molar-refractivity contribution < 1.29 is 14.0 Å². The summed E-state index contributed by atoms with van der Waals surface area (Å²) in [6.45, 7) is 1.54. The molecule has 1 aromatic heterocycles. The van der Waals surface area contributed by atoms with Gasteiger partial charge < -0.3 is 14.0 Å². The Labute approximate surface area is 177 Å². The molecular weight excluding hydrogens is 378 g/mol. The van der Waals surface area contributed by atoms with Gasteiger partial charge in [0, 0.05) is 18.2 Å². The van der Waals surface area contributed by atoms with Crippen LogP contribution in [-0.2, 0) is 13.1 Å². The highest BCUT2D eigenvalue weighted by Crippen LogP contribution is 2.31. The van der Waals surface area contributed by atoms with Crippen LogP contribution in [0.15, 0.2) is 53.1 Å². The van der Waals surface area contributed by atoms with Gasteiger partial charge in [0.25, 0.3) is 0 Å². The summed E-state index contributed by atoms with van der Waals surface area (Å²) in [4.78, 5) is 7.16. The molecule has 2 aromatic carbocycles. The van der Waals surface area contributed by atoms with Gasteiger partial charge in [-0.25, -0.2) is 0 Å². The Kier molecular flexibility index (Phi) is 6.64. The first-order valence-electron chi connectivity index (χ1n) is 10.6. The molecule has 6 heteroatoms. The van der Waals surface area contributed by atoms with Gasteiger partial charge in [-0.05, 0) is 36.6 Å². The van der Waals surface area contributed by atoms with Gasteiger partial charge in [-0.2, -0.15) is 4.98 Å². The fourth-order valence-electron chi connectivity index (χ4n) is 4.16. The van der Waals surface area contributed by atoms with Crippen LogP contribution in [0.1, 0.15) is 43.6 Å². The average molecular weight is 408 g/mol. The third-order valence-corrected chi connectivity index (χ3v) is 5.77. The van der Waals surface area contributed by atoms with Crippen LogP contribution in [0.2, 0.25) is 0 Å². The van der Waals surface area contributed by atoms with E-state index in [2.05, 4.69) is 45.4 Å². The molecule has 0 N–H and O–H groups in total. The van der Waals surface area contributed by atoms with Crippen LogP contribution in [0.3, 0.4) is 0 Å². The van der Waals surface area contributed by atoms with E-state index in [9.17, 15) is 0 Å². The summed E-state index contributed by atoms with van der Waals surface area (Å²) < 4.78 is 16.3. The lowest BCUT2D eigenvalue weighted by molar-refractivity contribution is 0.124. The summed E-state index contributed by atoms with van der Waals surface area (Å²) in [6, 6.07) is 16.8. The van der Waals surface area contributed by atoms with Gasteiger partial charge in [-0.3, -0.25) is 4.90 Å². The van der Waals surface area contributed by atoms with Gasteiger partial charge in [0.2, 0.25) is 11.7 Å². The lowest BCUT2D eigenvalue weighted by Gasteiger charge is -2.33. The molecule has 0 spiro atoms. The van der Waals surface area contributed by atoms with Crippen molar-refractivity contribution in [3.63, 3.8) is 0 Å². The van der Waals surface area contributed by atoms with Crippen molar-refractivity contribution in [2.24, 2.45) is 0 Å². The van der Waals surface area contributed by atoms with Gasteiger partial charge in [-0.1, -0.05) is 54.8 Å². The van der Waals surface area contributed by atoms with E-state index in [1.165, 1.54) is 37.7 Å². The first-order valence-corrected chi connectivity index (χ1v) is 10.6. The highest BCUT2D eigenvalue weighted by atomic mass is 16.5. The van der Waals surface area contributed by atoms with E-state index < -0.39 is 0 Å². The fraction of sp³-hybridized carbons (Fsp3) is 0.417. The quantitative estimate of drug-likeness (QED) is 0.518. The smallest absolute Gasteiger partial charge is 0.241 e. The lowest BCUT2D eigenvalue weighted by atomic mass is 9.94. The summed E-state index contributed by atoms with van der Waals surface area (Å²) in [5.74, 6) is 2.53. The van der Waals surface area contributed by atoms with Crippen LogP contribution in [0.25, 0.3) is 11.4 Å². The average Bonchev–Trinajstić information content (AvgIpc) is 3.28. The topological polar surface area (TPSA) is 60.6 Å². The molecule has 30 heavy (non-hydrogen) atoms. The van der Waals surface area contributed by atoms with E-state index in [4.69, 9.17) is 14.0 Å². The predicted molar refractivity (Wildman–Crippen MR) is 115 cm³/mol. The first-order chi connectivity index (χ1) is 14.8. The molecule has 0 bridgehead atoms. The van der Waals surface area contributed by atoms with Crippen molar-refractivity contribution in [3.8, 4) is 22.9 Å². The number of nitrogens with zero attached hydrogens (tertiary/aromatic N) is 3. The molecule has 158 valence electrons. The summed E-state index contributed by atoms with van der Waals surface area (Å²) in [5.41, 5.74) is 2.15. The Morgan fingerprint density at radius 1 is 0.933 bits per heavy atom. The number of hydrogen-bond acceptors (Lipinski definition) is 6. The van der Waals surface area contributed by atoms with Crippen LogP contribution < -0.4 is 9.47 Å². The van der Waals surface area contributed by atoms with Gasteiger partial charge in [-0.15, -0.1) is 0 Å². The van der Waals surface area contributed by atoms with E-state index in [-0.39, 0.29) is 0 Å². The van der Waals surface area contributed by atoms with Crippen LogP contribution in [0, 0.1) is 0 Å². The molecule has 1 aliphatic rings. The van der Waals surface area contributed by atoms with Gasteiger partial charge in [0.1, 0.15) is 0 Å². The van der Waals surface area contributed by atoms with Crippen molar-refractivity contribution in [1.82, 2.24) is 15.0 Å². The number of methoxy groups -OCH3 is 2. The number of ether oxygens (including phenoxy) is 2. The standard InChI is InChI=1S/C24H29N3O3/c1-28-21-14-13-19(15-22(21)29-2)24-25-23(30-26-24)17-27(20-11-7-4-8-12-20)16-18-9-5-3-6-10-18/h3,5-6,9-10,13-15,20H,4,7-8,11-12,16-17H2,1-2H3. The highest BCUT2D eigenvalue weighted by molar-refractivity contribution is 5.60. The van der Waals surface area contributed by atoms with Crippen LogP contribution >= 0.6 is 0 Å². The number of hydrogen-bond donors (Lipinski definition) is 0. The lowest BCUT2D eigenvalue weighted by Crippen LogP contribution is -2.36. The Balaban J connectivity index is 1.53. The minimum atomic E-state index is 0.551. The Morgan fingerprint density at radius 2 is 1.70 bits per heavy atom. The minimum absolute atomic E-state index is 0.551. The molecule has 0 saturated heterocycles. The van der Waals surface area contributed by atoms with Crippen LogP contribution in [0.4, 0.5) is 0 Å². The maximum absolute atomic E-state index is 5.63. The maximum Gasteiger partial charge on any atom is 0.241 e. The van der Waals surface area contributed by atoms with Gasteiger partial charge >= 0.3 is 0 Å². The van der Waals surface area contributed by atoms with E-state index in [0.717, 1.165) is 12.1 Å². The zero-order valence-electron chi connectivity index (χ0n) is 17.7. The molecule has 1 aliphatic carbocycles. The zero-order chi connectivity index (χ0) is 20.8. The number of rotatable bonds is 8. The van der Waals surface area contributed by atoms with E-state index in [1.54, 1.807) is 14.2 Å². The summed E-state index contributed by atoms with van der Waals surface area (Å²) in [6.07, 6.45) is 6.36. The Hall–Kier alpha value is -2.86. The molecule has 3 aromatic rings. The third kappa shape index (κ3) is 4.82. The number of benzene rings is 2. The highest BCUT2D eigenvalue weighted by Gasteiger charge is 2.24. The second kappa shape index (κ2) is 9.76. The van der Waals surface area contributed by atoms with Crippen LogP contribution in [0.5, 0.6) is 11.5 Å². The Morgan fingerprint density at radius 3 is 2.43 bits per heavy atom. The molecule has 1 saturated carbocycles. The Bertz CT molecular complexity index is 936. The molecule has 0 aliphatic heterocycles. The van der Waals surface area contributed by atoms with E-state index >= 15 is 0 Å². The number of aromatic nitrogens is 2. The van der Waals surface area contributed by atoms with Crippen molar-refractivity contribution in [3.05, 3.63) is 60.0 Å². The predicted octanol–water partition coefficient (Wildman–Crippen LogP) is 5.09. The molecule has 4 rings (SSSR count). The second-order valence-electron chi connectivity index (χ2n) is 7.76. The normalized spacial score (nSPS) is 14.8. The SMILES string of the molecule is COc1ccc(-c2noc(CN(Cc3ccccc3)C3CCCCC3)n2)cc1OC. The van der Waals surface area contributed by atoms with Gasteiger partial charge in [0.15, 0.2) is 11.5 Å². The zero-order valence-corrected chi connectivity index (χ0v) is 17.7. The summed E-state index contributed by atoms with van der Waals surface area (Å²) >= 11 is 0. The molecule has 0 unspecified atom stereocenters. The maximum atomic E-state index is 5.63. The summed E-state index contributed by atoms with van der Waals surface area (Å²) in [5, 5.41) is 4.21. The van der Waals surface area contributed by atoms with Crippen molar-refractivity contribution in [1.29, 1.82) is 0 Å². The van der Waals surface area contributed by atoms with Crippen molar-refractivity contribution >= 4 is 0 Å². The molecule has 1 heterocycles. The van der Waals surface area contributed by atoms with Gasteiger partial charge in [0.05, 0.1) is 20.8 Å².